The second-order valence-electron chi connectivity index (χ2n) is 5.98. The second-order valence-corrected chi connectivity index (χ2v) is 7.84. The summed E-state index contributed by atoms with van der Waals surface area (Å²) in [5, 5.41) is 9.16. The second kappa shape index (κ2) is 5.10. The third-order valence-corrected chi connectivity index (χ3v) is 6.25. The predicted molar refractivity (Wildman–Crippen MR) is 77.8 cm³/mol. The van der Waals surface area contributed by atoms with Crippen LogP contribution in [-0.2, 0) is 10.0 Å². The lowest BCUT2D eigenvalue weighted by Gasteiger charge is -2.23. The lowest BCUT2D eigenvalue weighted by atomic mass is 10.1. The number of carboxylic acids is 1. The maximum atomic E-state index is 12.9. The molecule has 0 heterocycles. The molecule has 0 spiro atoms. The first kappa shape index (κ1) is 14.5. The summed E-state index contributed by atoms with van der Waals surface area (Å²) >= 11 is 0. The van der Waals surface area contributed by atoms with Crippen LogP contribution in [0.3, 0.4) is 0 Å². The molecule has 0 aromatic heterocycles. The van der Waals surface area contributed by atoms with Crippen molar-refractivity contribution in [3.8, 4) is 0 Å². The van der Waals surface area contributed by atoms with Gasteiger partial charge in [-0.15, -0.1) is 0 Å². The fourth-order valence-electron chi connectivity index (χ4n) is 2.61. The Morgan fingerprint density at radius 2 is 1.95 bits per heavy atom. The quantitative estimate of drug-likeness (QED) is 0.874. The van der Waals surface area contributed by atoms with E-state index in [1.165, 1.54) is 18.2 Å². The van der Waals surface area contributed by atoms with Crippen molar-refractivity contribution in [3.63, 3.8) is 0 Å². The van der Waals surface area contributed by atoms with E-state index in [9.17, 15) is 13.2 Å². The van der Waals surface area contributed by atoms with Gasteiger partial charge in [0.15, 0.2) is 0 Å². The lowest BCUT2D eigenvalue weighted by molar-refractivity contribution is 0.0696. The van der Waals surface area contributed by atoms with Crippen LogP contribution >= 0.6 is 0 Å². The summed E-state index contributed by atoms with van der Waals surface area (Å²) in [5.41, 5.74) is 0.379. The number of sulfonamides is 1. The zero-order valence-electron chi connectivity index (χ0n) is 11.9. The van der Waals surface area contributed by atoms with Crippen LogP contribution in [0.15, 0.2) is 23.1 Å². The first-order chi connectivity index (χ1) is 9.91. The highest BCUT2D eigenvalue weighted by molar-refractivity contribution is 7.89. The first-order valence-electron chi connectivity index (χ1n) is 7.26. The summed E-state index contributed by atoms with van der Waals surface area (Å²) in [7, 11) is -3.61. The smallest absolute Gasteiger partial charge is 0.335 e. The number of aromatic carboxylic acids is 1. The monoisotopic (exact) mass is 309 g/mol. The van der Waals surface area contributed by atoms with Gasteiger partial charge in [0.1, 0.15) is 0 Å². The largest absolute Gasteiger partial charge is 0.478 e. The maximum absolute atomic E-state index is 12.9. The van der Waals surface area contributed by atoms with Crippen LogP contribution in [0, 0.1) is 12.8 Å². The number of carboxylic acid groups (broad SMARTS) is 1. The molecule has 2 aliphatic carbocycles. The highest BCUT2D eigenvalue weighted by Crippen LogP contribution is 2.38. The molecule has 114 valence electrons. The summed E-state index contributed by atoms with van der Waals surface area (Å²) in [6, 6.07) is 4.56. The molecule has 0 amide bonds. The van der Waals surface area contributed by atoms with E-state index in [4.69, 9.17) is 5.11 Å². The highest BCUT2D eigenvalue weighted by atomic mass is 32.2. The molecule has 0 aliphatic heterocycles. The minimum atomic E-state index is -3.61. The van der Waals surface area contributed by atoms with Crippen molar-refractivity contribution in [3.05, 3.63) is 29.3 Å². The van der Waals surface area contributed by atoms with E-state index in [0.717, 1.165) is 25.7 Å². The molecule has 0 atom stereocenters. The molecule has 0 unspecified atom stereocenters. The molecule has 1 aromatic carbocycles. The van der Waals surface area contributed by atoms with Gasteiger partial charge in [0.25, 0.3) is 0 Å². The van der Waals surface area contributed by atoms with Crippen LogP contribution in [-0.4, -0.2) is 36.4 Å². The van der Waals surface area contributed by atoms with E-state index in [-0.39, 0.29) is 16.5 Å². The Morgan fingerprint density at radius 3 is 2.48 bits per heavy atom. The zero-order chi connectivity index (χ0) is 15.2. The van der Waals surface area contributed by atoms with E-state index in [2.05, 4.69) is 0 Å². The van der Waals surface area contributed by atoms with Gasteiger partial charge in [0.05, 0.1) is 10.5 Å². The van der Waals surface area contributed by atoms with Gasteiger partial charge in [-0.3, -0.25) is 0 Å². The van der Waals surface area contributed by atoms with Gasteiger partial charge in [0.2, 0.25) is 10.0 Å². The van der Waals surface area contributed by atoms with Crippen molar-refractivity contribution >= 4 is 16.0 Å². The minimum Gasteiger partial charge on any atom is -0.478 e. The Morgan fingerprint density at radius 1 is 1.29 bits per heavy atom. The van der Waals surface area contributed by atoms with Crippen molar-refractivity contribution in [1.82, 2.24) is 4.31 Å². The fraction of sp³-hybridized carbons (Fsp3) is 0.533. The molecule has 0 saturated heterocycles. The van der Waals surface area contributed by atoms with Crippen molar-refractivity contribution in [2.75, 3.05) is 6.54 Å². The van der Waals surface area contributed by atoms with Gasteiger partial charge in [-0.1, -0.05) is 6.07 Å². The number of benzene rings is 1. The Bertz CT molecular complexity index is 675. The topological polar surface area (TPSA) is 74.7 Å². The summed E-state index contributed by atoms with van der Waals surface area (Å²) in [4.78, 5) is 11.3. The molecule has 0 bridgehead atoms. The third-order valence-electron chi connectivity index (χ3n) is 4.19. The molecule has 5 nitrogen and oxygen atoms in total. The van der Waals surface area contributed by atoms with Gasteiger partial charge >= 0.3 is 5.97 Å². The molecule has 6 heteroatoms. The van der Waals surface area contributed by atoms with Crippen LogP contribution < -0.4 is 0 Å². The Labute approximate surface area is 124 Å². The Kier molecular flexibility index (Phi) is 3.53. The normalized spacial score (nSPS) is 19.0. The number of nitrogens with zero attached hydrogens (tertiary/aromatic N) is 1. The standard InChI is InChI=1S/C15H19NO4S/c1-10-13(15(17)18)3-2-4-14(10)21(19,20)16(12-7-8-12)9-11-5-6-11/h2-4,11-12H,5-9H2,1H3,(H,17,18). The molecule has 3 rings (SSSR count). The first-order valence-corrected chi connectivity index (χ1v) is 8.70. The summed E-state index contributed by atoms with van der Waals surface area (Å²) < 4.78 is 27.4. The van der Waals surface area contributed by atoms with Crippen molar-refractivity contribution in [2.45, 2.75) is 43.5 Å². The predicted octanol–water partition coefficient (Wildman–Crippen LogP) is 2.26. The molecule has 2 aliphatic rings. The molecular weight excluding hydrogens is 290 g/mol. The van der Waals surface area contributed by atoms with Crippen LogP contribution in [0.5, 0.6) is 0 Å². The summed E-state index contributed by atoms with van der Waals surface area (Å²) in [6.07, 6.45) is 3.99. The zero-order valence-corrected chi connectivity index (χ0v) is 12.8. The van der Waals surface area contributed by atoms with Crippen molar-refractivity contribution < 1.29 is 18.3 Å². The van der Waals surface area contributed by atoms with Gasteiger partial charge in [-0.05, 0) is 56.2 Å². The van der Waals surface area contributed by atoms with E-state index in [1.807, 2.05) is 0 Å². The minimum absolute atomic E-state index is 0.0539. The van der Waals surface area contributed by atoms with E-state index in [0.29, 0.717) is 18.0 Å². The molecule has 0 radical (unpaired) electrons. The number of rotatable bonds is 6. The average Bonchev–Trinajstić information content (AvgIpc) is 3.28. The number of carbonyl (C=O) groups is 1. The number of hydrogen-bond donors (Lipinski definition) is 1. The molecule has 21 heavy (non-hydrogen) atoms. The Balaban J connectivity index is 2.00. The summed E-state index contributed by atoms with van der Waals surface area (Å²) in [6.45, 7) is 2.14. The van der Waals surface area contributed by atoms with Crippen molar-refractivity contribution in [1.29, 1.82) is 0 Å². The third kappa shape index (κ3) is 2.82. The fourth-order valence-corrected chi connectivity index (χ4v) is 4.62. The molecule has 1 N–H and O–H groups in total. The van der Waals surface area contributed by atoms with Gasteiger partial charge in [-0.2, -0.15) is 4.31 Å². The van der Waals surface area contributed by atoms with E-state index in [1.54, 1.807) is 11.2 Å². The maximum Gasteiger partial charge on any atom is 0.335 e. The molecule has 2 fully saturated rings. The molecular formula is C15H19NO4S. The van der Waals surface area contributed by atoms with Crippen molar-refractivity contribution in [2.24, 2.45) is 5.92 Å². The number of hydrogen-bond acceptors (Lipinski definition) is 3. The molecule has 1 aromatic rings. The van der Waals surface area contributed by atoms with E-state index < -0.39 is 16.0 Å². The van der Waals surface area contributed by atoms with Gasteiger partial charge in [-0.25, -0.2) is 13.2 Å². The van der Waals surface area contributed by atoms with Gasteiger partial charge in [0, 0.05) is 12.6 Å². The van der Waals surface area contributed by atoms with Crippen LogP contribution in [0.2, 0.25) is 0 Å². The molecule has 2 saturated carbocycles. The SMILES string of the molecule is Cc1c(C(=O)O)cccc1S(=O)(=O)N(CC1CC1)C1CC1. The van der Waals surface area contributed by atoms with Gasteiger partial charge < -0.3 is 5.11 Å². The highest BCUT2D eigenvalue weighted by Gasteiger charge is 2.41. The summed E-state index contributed by atoms with van der Waals surface area (Å²) in [5.74, 6) is -0.618. The van der Waals surface area contributed by atoms with E-state index >= 15 is 0 Å². The Hall–Kier alpha value is -1.40. The van der Waals surface area contributed by atoms with Crippen LogP contribution in [0.1, 0.15) is 41.6 Å². The average molecular weight is 309 g/mol. The van der Waals surface area contributed by atoms with Crippen LogP contribution in [0.25, 0.3) is 0 Å². The van der Waals surface area contributed by atoms with Crippen LogP contribution in [0.4, 0.5) is 0 Å². The lowest BCUT2D eigenvalue weighted by Crippen LogP contribution is -2.35.